The van der Waals surface area contributed by atoms with Crippen LogP contribution in [0.4, 0.5) is 0 Å². The van der Waals surface area contributed by atoms with Crippen LogP contribution >= 0.6 is 68.0 Å². The van der Waals surface area contributed by atoms with E-state index in [1.807, 2.05) is 0 Å². The number of thiazole rings is 6. The third-order valence-electron chi connectivity index (χ3n) is 11.2. The van der Waals surface area contributed by atoms with Gasteiger partial charge < -0.3 is 47.2 Å². The first-order chi connectivity index (χ1) is 36.6. The highest BCUT2D eigenvalue weighted by Crippen LogP contribution is 2.38. The Kier molecular flexibility index (Phi) is 17.1. The summed E-state index contributed by atoms with van der Waals surface area (Å²) in [6.07, 6.45) is 0.364. The van der Waals surface area contributed by atoms with Gasteiger partial charge in [0.05, 0.1) is 35.7 Å². The van der Waals surface area contributed by atoms with Crippen LogP contribution in [0.15, 0.2) is 62.3 Å². The molecule has 0 saturated heterocycles. The van der Waals surface area contributed by atoms with Crippen LogP contribution in [0.25, 0.3) is 49.1 Å². The van der Waals surface area contributed by atoms with Gasteiger partial charge in [-0.05, 0) is 60.6 Å². The number of rotatable bonds is 10. The number of hydrogen-bond donors (Lipinski definition) is 9. The van der Waals surface area contributed by atoms with E-state index >= 15 is 0 Å². The lowest BCUT2D eigenvalue weighted by molar-refractivity contribution is -0.124. The second kappa shape index (κ2) is 23.6. The molecule has 23 nitrogen and oxygen atoms in total. The molecule has 1 unspecified atom stereocenters. The number of aliphatic hydroxyl groups excluding tert-OH is 2. The maximum atomic E-state index is 13.9. The Bertz CT molecular complexity index is 3490. The number of amides is 6. The molecule has 7 aromatic heterocycles. The molecule has 0 spiro atoms. The minimum atomic E-state index is -1.60. The van der Waals surface area contributed by atoms with Crippen molar-refractivity contribution in [2.24, 2.45) is 0 Å². The van der Waals surface area contributed by atoms with Crippen LogP contribution in [0.1, 0.15) is 118 Å². The molecule has 9 N–H and O–H groups in total. The van der Waals surface area contributed by atoms with Crippen molar-refractivity contribution in [2.75, 3.05) is 6.54 Å². The minimum absolute atomic E-state index is 0.0221. The maximum Gasteiger partial charge on any atom is 0.275 e. The molecule has 1 aliphatic rings. The third kappa shape index (κ3) is 12.8. The smallest absolute Gasteiger partial charge is 0.275 e. The predicted octanol–water partition coefficient (Wildman–Crippen LogP) is 4.89. The third-order valence-corrected chi connectivity index (χ3v) is 16.5. The van der Waals surface area contributed by atoms with Crippen molar-refractivity contribution in [2.45, 2.75) is 84.4 Å². The van der Waals surface area contributed by atoms with E-state index in [0.717, 1.165) is 56.7 Å². The van der Waals surface area contributed by atoms with E-state index in [-0.39, 0.29) is 67.2 Å². The summed E-state index contributed by atoms with van der Waals surface area (Å²) in [6.45, 7) is 10.0. The number of pyridine rings is 1. The Morgan fingerprint density at radius 1 is 0.662 bits per heavy atom. The molecule has 6 amide bonds. The van der Waals surface area contributed by atoms with Crippen molar-refractivity contribution in [3.8, 4) is 43.4 Å². The van der Waals surface area contributed by atoms with Crippen molar-refractivity contribution in [3.05, 3.63) is 100 Å². The zero-order chi connectivity index (χ0) is 55.5. The van der Waals surface area contributed by atoms with E-state index in [2.05, 4.69) is 51.8 Å². The largest absolute Gasteiger partial charge is 0.391 e. The predicted molar refractivity (Wildman–Crippen MR) is 291 cm³/mol. The Morgan fingerprint density at radius 3 is 1.87 bits per heavy atom. The SMILES string of the molecule is C/C=C(\NC(=O)c1csc(-c2csc(-c3ccc4c(n3)-c3csc(n3)C([C@@H](C)O)NC(=O)c3csc(n3)[C@H](C(C)(C)O)NC(=O)c3csc(n3)/C(=C/C)NC(=O)[C@H]([C@@H](C)O)NC(=O)c3csc-4n3)n2)n1)C(=O)NCC(C)=O. The van der Waals surface area contributed by atoms with Gasteiger partial charge in [0.25, 0.3) is 29.5 Å². The highest BCUT2D eigenvalue weighted by molar-refractivity contribution is 7.15. The minimum Gasteiger partial charge on any atom is -0.391 e. The lowest BCUT2D eigenvalue weighted by atomic mass is 9.99. The average molecular weight is 1160 g/mol. The second-order valence-electron chi connectivity index (χ2n) is 17.6. The molecule has 400 valence electrons. The van der Waals surface area contributed by atoms with Gasteiger partial charge in [-0.15, -0.1) is 68.0 Å². The summed E-state index contributed by atoms with van der Waals surface area (Å²) in [7, 11) is 0. The zero-order valence-corrected chi connectivity index (χ0v) is 46.5. The van der Waals surface area contributed by atoms with Crippen molar-refractivity contribution in [1.82, 2.24) is 66.8 Å². The van der Waals surface area contributed by atoms with Crippen LogP contribution in [0.5, 0.6) is 0 Å². The molecule has 77 heavy (non-hydrogen) atoms. The molecular formula is C48H47N13O10S6. The molecule has 5 atom stereocenters. The Morgan fingerprint density at radius 2 is 1.21 bits per heavy atom. The van der Waals surface area contributed by atoms with Crippen molar-refractivity contribution >= 4 is 115 Å². The lowest BCUT2D eigenvalue weighted by Gasteiger charge is -2.28. The number of hydrogen-bond acceptors (Lipinski definition) is 23. The summed E-state index contributed by atoms with van der Waals surface area (Å²) in [4.78, 5) is 125. The number of carbonyl (C=O) groups excluding carboxylic acids is 7. The summed E-state index contributed by atoms with van der Waals surface area (Å²) in [5.74, 6) is -4.50. The average Bonchev–Trinajstić information content (AvgIpc) is 4.26. The topological polar surface area (TPSA) is 343 Å². The van der Waals surface area contributed by atoms with Gasteiger partial charge in [-0.1, -0.05) is 12.2 Å². The van der Waals surface area contributed by atoms with Crippen LogP contribution in [0, 0.1) is 0 Å². The molecule has 8 heterocycles. The summed E-state index contributed by atoms with van der Waals surface area (Å²) in [6, 6.07) is -0.270. The van der Waals surface area contributed by atoms with E-state index < -0.39 is 71.4 Å². The number of Topliss-reactive ketones (excluding diaryl/α,β-unsaturated/α-hetero) is 1. The first-order valence-corrected chi connectivity index (χ1v) is 28.4. The van der Waals surface area contributed by atoms with Crippen LogP contribution in [-0.4, -0.2) is 122 Å². The molecule has 29 heteroatoms. The number of allylic oxidation sites excluding steroid dienone is 2. The summed E-state index contributed by atoms with van der Waals surface area (Å²) >= 11 is 6.64. The summed E-state index contributed by atoms with van der Waals surface area (Å²) < 4.78 is 0. The van der Waals surface area contributed by atoms with Gasteiger partial charge in [0.2, 0.25) is 5.91 Å². The fourth-order valence-corrected chi connectivity index (χ4v) is 12.4. The first kappa shape index (κ1) is 56.0. The molecule has 0 radical (unpaired) electrons. The molecule has 7 aromatic rings. The van der Waals surface area contributed by atoms with Gasteiger partial charge in [0.1, 0.15) is 99.5 Å². The summed E-state index contributed by atoms with van der Waals surface area (Å²) in [5.41, 5.74) is 0.133. The molecule has 8 bridgehead atoms. The molecule has 8 rings (SSSR count). The van der Waals surface area contributed by atoms with Gasteiger partial charge in [0, 0.05) is 37.8 Å². The van der Waals surface area contributed by atoms with E-state index in [1.54, 1.807) is 36.7 Å². The van der Waals surface area contributed by atoms with Crippen molar-refractivity contribution in [1.29, 1.82) is 0 Å². The number of carbonyl (C=O) groups is 7. The van der Waals surface area contributed by atoms with Gasteiger partial charge in [-0.3, -0.25) is 33.6 Å². The monoisotopic (exact) mass is 1160 g/mol. The van der Waals surface area contributed by atoms with E-state index in [9.17, 15) is 48.9 Å². The number of nitrogens with zero attached hydrogens (tertiary/aromatic N) is 7. The molecule has 0 saturated carbocycles. The van der Waals surface area contributed by atoms with Crippen molar-refractivity contribution in [3.63, 3.8) is 0 Å². The molecule has 1 aliphatic heterocycles. The van der Waals surface area contributed by atoms with Crippen LogP contribution < -0.4 is 31.9 Å². The number of ketones is 1. The van der Waals surface area contributed by atoms with Crippen LogP contribution in [-0.2, 0) is 14.4 Å². The van der Waals surface area contributed by atoms with Gasteiger partial charge >= 0.3 is 0 Å². The van der Waals surface area contributed by atoms with E-state index in [4.69, 9.17) is 15.0 Å². The highest BCUT2D eigenvalue weighted by Gasteiger charge is 2.35. The number of nitrogens with one attached hydrogen (secondary N) is 6. The number of fused-ring (bicyclic) bond motifs is 11. The van der Waals surface area contributed by atoms with Crippen LogP contribution in [0.2, 0.25) is 0 Å². The molecule has 0 aliphatic carbocycles. The molecular weight excluding hydrogens is 1110 g/mol. The fourth-order valence-electron chi connectivity index (χ4n) is 7.17. The van der Waals surface area contributed by atoms with Gasteiger partial charge in [0.15, 0.2) is 0 Å². The maximum absolute atomic E-state index is 13.9. The highest BCUT2D eigenvalue weighted by atomic mass is 32.1. The lowest BCUT2D eigenvalue weighted by Crippen LogP contribution is -2.52. The zero-order valence-electron chi connectivity index (χ0n) is 41.6. The summed E-state index contributed by atoms with van der Waals surface area (Å²) in [5, 5.41) is 60.1. The molecule has 0 aromatic carbocycles. The van der Waals surface area contributed by atoms with E-state index in [0.29, 0.717) is 37.7 Å². The standard InChI is InChI=1S/C48H47N13O10S6/c1-8-23(36(65)49-12-19(3)62)51-37(66)27-15-74-45(56-27)31-18-75-44(58-31)25-11-10-22-34(50-25)26-13-76-46(53-26)33(21(5)64)60-39(68)29-17-77-47(57-29)35(48(6,7)71)61-40(69)30-16-73-43(55-30)24(9-2)52-41(70)32(20(4)63)59-38(67)28-14-72-42(22)54-28/h8-11,13-18,20-21,32-33,35,63-64,71H,12H2,1-7H3,(H,49,65)(H,51,66)(H,52,70)(H,59,67)(H,60,68)(H,61,69)/b23-8-,24-9-/t20-,21-,32+,33?,35-/m1/s1. The normalized spacial score (nSPS) is 18.1. The van der Waals surface area contributed by atoms with Gasteiger partial charge in [-0.25, -0.2) is 34.9 Å². The fraction of sp³-hybridized carbons (Fsp3) is 0.292. The molecule has 0 fully saturated rings. The van der Waals surface area contributed by atoms with Gasteiger partial charge in [-0.2, -0.15) is 0 Å². The second-order valence-corrected chi connectivity index (χ2v) is 22.8. The van der Waals surface area contributed by atoms with E-state index in [1.165, 1.54) is 79.6 Å². The number of aromatic nitrogens is 7. The first-order valence-electron chi connectivity index (χ1n) is 23.1. The Balaban J connectivity index is 1.15. The van der Waals surface area contributed by atoms with Crippen molar-refractivity contribution < 1.29 is 48.9 Å². The van der Waals surface area contributed by atoms with Crippen LogP contribution in [0.3, 0.4) is 0 Å². The number of aliphatic hydroxyl groups is 3. The quantitative estimate of drug-likeness (QED) is 0.0823. The Labute approximate surface area is 462 Å². The Hall–Kier alpha value is -7.22.